The van der Waals surface area contributed by atoms with Gasteiger partial charge >= 0.3 is 0 Å². The van der Waals surface area contributed by atoms with Crippen molar-refractivity contribution in [2.45, 2.75) is 6.92 Å². The maximum absolute atomic E-state index is 13.1. The summed E-state index contributed by atoms with van der Waals surface area (Å²) in [5.74, 6) is 0.255. The van der Waals surface area contributed by atoms with Gasteiger partial charge in [0.25, 0.3) is 0 Å². The first kappa shape index (κ1) is 13.0. The Labute approximate surface area is 117 Å². The third-order valence-electron chi connectivity index (χ3n) is 2.24. The largest absolute Gasteiger partial charge is 0.368 e. The van der Waals surface area contributed by atoms with Gasteiger partial charge in [0.1, 0.15) is 11.6 Å². The second-order valence-corrected chi connectivity index (χ2v) is 4.89. The molecule has 0 atom stereocenters. The van der Waals surface area contributed by atoms with E-state index < -0.39 is 5.82 Å². The average Bonchev–Trinajstić information content (AvgIpc) is 2.28. The Kier molecular flexibility index (Phi) is 3.68. The van der Waals surface area contributed by atoms with E-state index in [0.29, 0.717) is 16.0 Å². The minimum absolute atomic E-state index is 0.150. The van der Waals surface area contributed by atoms with Gasteiger partial charge in [-0.25, -0.2) is 9.37 Å². The summed E-state index contributed by atoms with van der Waals surface area (Å²) in [5.41, 5.74) is 6.84. The molecular weight excluding hydrogens is 323 g/mol. The quantitative estimate of drug-likeness (QED) is 0.881. The van der Waals surface area contributed by atoms with Crippen molar-refractivity contribution >= 4 is 45.0 Å². The maximum Gasteiger partial charge on any atom is 0.221 e. The first-order chi connectivity index (χ1) is 8.47. The molecular formula is C11H9BrClFN4. The summed E-state index contributed by atoms with van der Waals surface area (Å²) < 4.78 is 13.6. The number of hydrogen-bond acceptors (Lipinski definition) is 4. The van der Waals surface area contributed by atoms with Gasteiger partial charge in [0.15, 0.2) is 0 Å². The van der Waals surface area contributed by atoms with Crippen molar-refractivity contribution in [3.8, 4) is 0 Å². The predicted octanol–water partition coefficient (Wildman–Crippen LogP) is 3.67. The van der Waals surface area contributed by atoms with Crippen LogP contribution in [-0.4, -0.2) is 9.97 Å². The van der Waals surface area contributed by atoms with Gasteiger partial charge in [-0.05, 0) is 35.0 Å². The van der Waals surface area contributed by atoms with Crippen molar-refractivity contribution in [1.29, 1.82) is 0 Å². The molecule has 94 valence electrons. The topological polar surface area (TPSA) is 63.8 Å². The summed E-state index contributed by atoms with van der Waals surface area (Å²) >= 11 is 9.21. The summed E-state index contributed by atoms with van der Waals surface area (Å²) in [4.78, 5) is 7.92. The van der Waals surface area contributed by atoms with E-state index in [1.807, 2.05) is 6.92 Å². The Morgan fingerprint density at radius 1 is 1.44 bits per heavy atom. The fourth-order valence-electron chi connectivity index (χ4n) is 1.36. The van der Waals surface area contributed by atoms with Gasteiger partial charge in [-0.2, -0.15) is 4.98 Å². The van der Waals surface area contributed by atoms with Crippen molar-refractivity contribution in [2.24, 2.45) is 0 Å². The molecule has 18 heavy (non-hydrogen) atoms. The molecule has 0 radical (unpaired) electrons. The molecule has 0 amide bonds. The molecule has 3 N–H and O–H groups in total. The van der Waals surface area contributed by atoms with E-state index in [0.717, 1.165) is 5.56 Å². The Morgan fingerprint density at radius 3 is 2.83 bits per heavy atom. The molecule has 0 spiro atoms. The minimum atomic E-state index is -0.420. The lowest BCUT2D eigenvalue weighted by molar-refractivity contribution is 0.627. The van der Waals surface area contributed by atoms with Crippen molar-refractivity contribution in [1.82, 2.24) is 9.97 Å². The molecule has 1 aromatic carbocycles. The number of nitrogen functional groups attached to an aromatic ring is 1. The number of benzene rings is 1. The first-order valence-corrected chi connectivity index (χ1v) is 6.15. The van der Waals surface area contributed by atoms with Crippen LogP contribution in [0, 0.1) is 12.7 Å². The molecule has 2 aromatic rings. The second kappa shape index (κ2) is 5.07. The third kappa shape index (κ3) is 2.70. The van der Waals surface area contributed by atoms with Crippen LogP contribution in [0.15, 0.2) is 22.8 Å². The van der Waals surface area contributed by atoms with E-state index >= 15 is 0 Å². The van der Waals surface area contributed by atoms with Crippen LogP contribution in [0.2, 0.25) is 5.02 Å². The number of anilines is 3. The summed E-state index contributed by atoms with van der Waals surface area (Å²) in [6, 6.07) is 2.53. The Morgan fingerprint density at radius 2 is 2.17 bits per heavy atom. The summed E-state index contributed by atoms with van der Waals surface area (Å²) in [6.07, 6.45) is 1.59. The highest BCUT2D eigenvalue weighted by Crippen LogP contribution is 2.34. The number of rotatable bonds is 2. The minimum Gasteiger partial charge on any atom is -0.368 e. The van der Waals surface area contributed by atoms with Gasteiger partial charge in [-0.3, -0.25) is 0 Å². The second-order valence-electron chi connectivity index (χ2n) is 3.63. The molecule has 7 heteroatoms. The van der Waals surface area contributed by atoms with E-state index in [1.165, 1.54) is 12.1 Å². The zero-order valence-corrected chi connectivity index (χ0v) is 11.7. The molecule has 0 aliphatic rings. The Hall–Kier alpha value is -1.40. The van der Waals surface area contributed by atoms with E-state index in [4.69, 9.17) is 17.3 Å². The zero-order chi connectivity index (χ0) is 13.3. The molecule has 1 aromatic heterocycles. The summed E-state index contributed by atoms with van der Waals surface area (Å²) in [5, 5.41) is 3.25. The van der Waals surface area contributed by atoms with E-state index in [1.54, 1.807) is 6.20 Å². The van der Waals surface area contributed by atoms with Gasteiger partial charge in [0.05, 0.1) is 10.7 Å². The average molecular weight is 332 g/mol. The third-order valence-corrected chi connectivity index (χ3v) is 3.16. The van der Waals surface area contributed by atoms with E-state index in [-0.39, 0.29) is 11.0 Å². The lowest BCUT2D eigenvalue weighted by Crippen LogP contribution is -2.03. The monoisotopic (exact) mass is 330 g/mol. The molecule has 0 saturated heterocycles. The number of halogens is 3. The summed E-state index contributed by atoms with van der Waals surface area (Å²) in [7, 11) is 0. The molecule has 0 aliphatic carbocycles. The smallest absolute Gasteiger partial charge is 0.221 e. The van der Waals surface area contributed by atoms with Crippen LogP contribution >= 0.6 is 27.5 Å². The van der Waals surface area contributed by atoms with Gasteiger partial charge in [-0.1, -0.05) is 11.6 Å². The number of nitrogens with zero attached hydrogens (tertiary/aromatic N) is 2. The highest BCUT2D eigenvalue weighted by Gasteiger charge is 2.10. The molecule has 0 aliphatic heterocycles. The van der Waals surface area contributed by atoms with Gasteiger partial charge in [0.2, 0.25) is 5.95 Å². The Balaban J connectivity index is 2.43. The first-order valence-electron chi connectivity index (χ1n) is 4.98. The molecule has 0 saturated carbocycles. The fraction of sp³-hybridized carbons (Fsp3) is 0.0909. The number of aryl methyl sites for hydroxylation is 1. The van der Waals surface area contributed by atoms with Crippen molar-refractivity contribution in [3.05, 3.63) is 39.2 Å². The normalized spacial score (nSPS) is 10.4. The van der Waals surface area contributed by atoms with E-state index in [2.05, 4.69) is 31.2 Å². The van der Waals surface area contributed by atoms with Gasteiger partial charge < -0.3 is 11.1 Å². The summed E-state index contributed by atoms with van der Waals surface area (Å²) in [6.45, 7) is 1.83. The molecule has 2 rings (SSSR count). The van der Waals surface area contributed by atoms with Crippen molar-refractivity contribution in [3.63, 3.8) is 0 Å². The lowest BCUT2D eigenvalue weighted by Gasteiger charge is -2.12. The molecule has 0 unspecified atom stereocenters. The predicted molar refractivity (Wildman–Crippen MR) is 73.6 cm³/mol. The van der Waals surface area contributed by atoms with Gasteiger partial charge in [0, 0.05) is 16.2 Å². The fourth-order valence-corrected chi connectivity index (χ4v) is 2.26. The number of nitrogens with one attached hydrogen (secondary N) is 1. The van der Waals surface area contributed by atoms with Crippen LogP contribution in [0.1, 0.15) is 5.56 Å². The van der Waals surface area contributed by atoms with Crippen LogP contribution in [0.5, 0.6) is 0 Å². The molecule has 1 heterocycles. The Bertz CT molecular complexity index is 583. The number of nitrogens with two attached hydrogens (primary N) is 1. The van der Waals surface area contributed by atoms with Crippen molar-refractivity contribution < 1.29 is 4.39 Å². The lowest BCUT2D eigenvalue weighted by atomic mass is 10.3. The standard InChI is InChI=1S/C11H9BrClFN4/c1-5-4-16-11(15)18-10(5)17-9-7(12)2-6(14)3-8(9)13/h2-4H,1H3,(H3,15,16,17,18). The maximum atomic E-state index is 13.1. The molecule has 0 bridgehead atoms. The van der Waals surface area contributed by atoms with E-state index in [9.17, 15) is 4.39 Å². The van der Waals surface area contributed by atoms with Crippen LogP contribution in [0.4, 0.5) is 21.8 Å². The molecule has 4 nitrogen and oxygen atoms in total. The molecule has 0 fully saturated rings. The highest BCUT2D eigenvalue weighted by molar-refractivity contribution is 9.10. The highest BCUT2D eigenvalue weighted by atomic mass is 79.9. The van der Waals surface area contributed by atoms with Crippen molar-refractivity contribution in [2.75, 3.05) is 11.1 Å². The number of aromatic nitrogens is 2. The van der Waals surface area contributed by atoms with Crippen LogP contribution < -0.4 is 11.1 Å². The number of hydrogen-bond donors (Lipinski definition) is 2. The zero-order valence-electron chi connectivity index (χ0n) is 9.34. The SMILES string of the molecule is Cc1cnc(N)nc1Nc1c(Cl)cc(F)cc1Br. The van der Waals surface area contributed by atoms with Crippen LogP contribution in [0.3, 0.4) is 0 Å². The van der Waals surface area contributed by atoms with Gasteiger partial charge in [-0.15, -0.1) is 0 Å². The van der Waals surface area contributed by atoms with Crippen LogP contribution in [-0.2, 0) is 0 Å². The van der Waals surface area contributed by atoms with Crippen LogP contribution in [0.25, 0.3) is 0 Å².